The Balaban J connectivity index is 0.00000363. The average molecular weight is 576 g/mol. The van der Waals surface area contributed by atoms with Crippen molar-refractivity contribution in [1.29, 1.82) is 0 Å². The Morgan fingerprint density at radius 2 is 1.84 bits per heavy atom. The van der Waals surface area contributed by atoms with Gasteiger partial charge in [0.2, 0.25) is 10.0 Å². The van der Waals surface area contributed by atoms with E-state index < -0.39 is 10.0 Å². The quantitative estimate of drug-likeness (QED) is 0.242. The van der Waals surface area contributed by atoms with Crippen LogP contribution in [-0.4, -0.2) is 52.5 Å². The van der Waals surface area contributed by atoms with E-state index in [1.54, 1.807) is 30.5 Å². The minimum Gasteiger partial charge on any atom is -0.468 e. The molecule has 0 aliphatic carbocycles. The van der Waals surface area contributed by atoms with Crippen LogP contribution in [0.15, 0.2) is 57.0 Å². The summed E-state index contributed by atoms with van der Waals surface area (Å²) in [7, 11) is -2.02. The molecule has 2 aromatic rings. The maximum absolute atomic E-state index is 11.9. The van der Waals surface area contributed by atoms with Crippen molar-refractivity contribution in [3.8, 4) is 0 Å². The van der Waals surface area contributed by atoms with Gasteiger partial charge in [-0.1, -0.05) is 18.6 Å². The van der Waals surface area contributed by atoms with Crippen LogP contribution in [0.4, 0.5) is 0 Å². The number of rotatable bonds is 9. The maximum atomic E-state index is 11.9. The highest BCUT2D eigenvalue weighted by molar-refractivity contribution is 14.0. The molecule has 3 rings (SSSR count). The van der Waals surface area contributed by atoms with E-state index in [1.165, 1.54) is 26.3 Å². The molecule has 3 N–H and O–H groups in total. The van der Waals surface area contributed by atoms with Crippen molar-refractivity contribution in [3.05, 3.63) is 54.0 Å². The molecule has 0 radical (unpaired) electrons. The molecule has 1 atom stereocenters. The molecule has 0 spiro atoms. The van der Waals surface area contributed by atoms with E-state index in [2.05, 4.69) is 25.2 Å². The lowest BCUT2D eigenvalue weighted by atomic mass is 10.1. The maximum Gasteiger partial charge on any atom is 0.240 e. The second kappa shape index (κ2) is 13.2. The number of guanidine groups is 1. The number of piperidine rings is 1. The minimum atomic E-state index is -3.43. The summed E-state index contributed by atoms with van der Waals surface area (Å²) in [6.07, 6.45) is 5.44. The Morgan fingerprint density at radius 1 is 1.12 bits per heavy atom. The van der Waals surface area contributed by atoms with E-state index in [0.717, 1.165) is 36.9 Å². The summed E-state index contributed by atoms with van der Waals surface area (Å²) in [5.74, 6) is 1.69. The summed E-state index contributed by atoms with van der Waals surface area (Å²) in [6.45, 7) is 6.07. The van der Waals surface area contributed by atoms with Crippen molar-refractivity contribution in [2.45, 2.75) is 43.7 Å². The van der Waals surface area contributed by atoms with E-state index in [4.69, 9.17) is 4.42 Å². The number of halogens is 1. The van der Waals surface area contributed by atoms with Crippen LogP contribution < -0.4 is 15.4 Å². The first-order valence-corrected chi connectivity index (χ1v) is 12.3. The molecule has 1 aromatic heterocycles. The SMILES string of the molecule is CCNC(=NCc1ccc(S(=O)(=O)NC)cc1)NCC(c1ccco1)N1CCCCC1.I. The first-order valence-electron chi connectivity index (χ1n) is 10.9. The highest BCUT2D eigenvalue weighted by Gasteiger charge is 2.24. The highest BCUT2D eigenvalue weighted by atomic mass is 127. The molecule has 2 heterocycles. The Morgan fingerprint density at radius 3 is 2.44 bits per heavy atom. The van der Waals surface area contributed by atoms with E-state index in [-0.39, 0.29) is 34.9 Å². The van der Waals surface area contributed by atoms with Crippen molar-refractivity contribution < 1.29 is 12.8 Å². The van der Waals surface area contributed by atoms with Crippen LogP contribution in [-0.2, 0) is 16.6 Å². The number of likely N-dealkylation sites (tertiary alicyclic amines) is 1. The summed E-state index contributed by atoms with van der Waals surface area (Å²) in [4.78, 5) is 7.39. The standard InChI is InChI=1S/C22H33N5O3S.HI/c1-3-24-22(25-16-18-9-11-19(12-10-18)31(28,29)23-2)26-17-20(21-8-7-15-30-21)27-13-5-4-6-14-27;/h7-12,15,20,23H,3-6,13-14,16-17H2,1-2H3,(H2,24,25,26);1H. The Bertz CT molecular complexity index is 927. The molecule has 0 bridgehead atoms. The van der Waals surface area contributed by atoms with Crippen LogP contribution in [0.25, 0.3) is 0 Å². The van der Waals surface area contributed by atoms with Gasteiger partial charge in [-0.15, -0.1) is 24.0 Å². The summed E-state index contributed by atoms with van der Waals surface area (Å²) < 4.78 is 31.8. The van der Waals surface area contributed by atoms with Gasteiger partial charge in [0.25, 0.3) is 0 Å². The molecule has 1 aliphatic heterocycles. The second-order valence-corrected chi connectivity index (χ2v) is 9.44. The topological polar surface area (TPSA) is 99.0 Å². The van der Waals surface area contributed by atoms with E-state index in [1.807, 2.05) is 19.1 Å². The number of hydrogen-bond donors (Lipinski definition) is 3. The molecule has 1 saturated heterocycles. The molecule has 32 heavy (non-hydrogen) atoms. The van der Waals surface area contributed by atoms with Crippen LogP contribution in [0.3, 0.4) is 0 Å². The number of furan rings is 1. The second-order valence-electron chi connectivity index (χ2n) is 7.56. The number of nitrogens with one attached hydrogen (secondary N) is 3. The molecular weight excluding hydrogens is 541 g/mol. The normalized spacial score (nSPS) is 16.2. The van der Waals surface area contributed by atoms with Gasteiger partial charge in [0.15, 0.2) is 5.96 Å². The molecule has 1 aromatic carbocycles. The third kappa shape index (κ3) is 7.46. The zero-order chi connectivity index (χ0) is 22.1. The van der Waals surface area contributed by atoms with Gasteiger partial charge in [0, 0.05) is 13.1 Å². The lowest BCUT2D eigenvalue weighted by Crippen LogP contribution is -2.44. The van der Waals surface area contributed by atoms with Crippen molar-refractivity contribution in [2.24, 2.45) is 4.99 Å². The molecular formula is C22H34IN5O3S. The zero-order valence-corrected chi connectivity index (χ0v) is 21.9. The molecule has 8 nitrogen and oxygen atoms in total. The largest absolute Gasteiger partial charge is 0.468 e. The first kappa shape index (κ1) is 26.6. The molecule has 0 saturated carbocycles. The molecule has 1 fully saturated rings. The lowest BCUT2D eigenvalue weighted by Gasteiger charge is -2.33. The fourth-order valence-corrected chi connectivity index (χ4v) is 4.45. The summed E-state index contributed by atoms with van der Waals surface area (Å²) in [5, 5.41) is 6.74. The minimum absolute atomic E-state index is 0. The van der Waals surface area contributed by atoms with Crippen LogP contribution in [0, 0.1) is 0 Å². The number of sulfonamides is 1. The molecule has 1 aliphatic rings. The first-order chi connectivity index (χ1) is 15.0. The smallest absolute Gasteiger partial charge is 0.240 e. The van der Waals surface area contributed by atoms with Crippen LogP contribution >= 0.6 is 24.0 Å². The highest BCUT2D eigenvalue weighted by Crippen LogP contribution is 2.24. The van der Waals surface area contributed by atoms with Crippen LogP contribution in [0.2, 0.25) is 0 Å². The van der Waals surface area contributed by atoms with E-state index in [0.29, 0.717) is 13.1 Å². The Labute approximate surface area is 208 Å². The van der Waals surface area contributed by atoms with Gasteiger partial charge in [0.1, 0.15) is 5.76 Å². The molecule has 178 valence electrons. The van der Waals surface area contributed by atoms with E-state index in [9.17, 15) is 8.42 Å². The van der Waals surface area contributed by atoms with Gasteiger partial charge >= 0.3 is 0 Å². The fourth-order valence-electron chi connectivity index (χ4n) is 3.72. The van der Waals surface area contributed by atoms with Crippen molar-refractivity contribution in [3.63, 3.8) is 0 Å². The van der Waals surface area contributed by atoms with Crippen LogP contribution in [0.1, 0.15) is 43.6 Å². The monoisotopic (exact) mass is 575 g/mol. The molecule has 10 heteroatoms. The van der Waals surface area contributed by atoms with Crippen molar-refractivity contribution >= 4 is 40.0 Å². The summed E-state index contributed by atoms with van der Waals surface area (Å²) in [6, 6.07) is 10.9. The molecule has 0 amide bonds. The molecule has 1 unspecified atom stereocenters. The number of hydrogen-bond acceptors (Lipinski definition) is 5. The van der Waals surface area contributed by atoms with Gasteiger partial charge in [0.05, 0.1) is 23.7 Å². The fraction of sp³-hybridized carbons (Fsp3) is 0.500. The van der Waals surface area contributed by atoms with E-state index >= 15 is 0 Å². The van der Waals surface area contributed by atoms with Gasteiger partial charge in [-0.05, 0) is 69.7 Å². The predicted octanol–water partition coefficient (Wildman–Crippen LogP) is 3.09. The van der Waals surface area contributed by atoms with Gasteiger partial charge < -0.3 is 15.1 Å². The van der Waals surface area contributed by atoms with Crippen molar-refractivity contribution in [2.75, 3.05) is 33.2 Å². The van der Waals surface area contributed by atoms with Gasteiger partial charge in [-0.2, -0.15) is 0 Å². The Hall–Kier alpha value is -1.63. The third-order valence-electron chi connectivity index (χ3n) is 5.43. The van der Waals surface area contributed by atoms with Gasteiger partial charge in [-0.25, -0.2) is 18.1 Å². The van der Waals surface area contributed by atoms with Crippen molar-refractivity contribution in [1.82, 2.24) is 20.3 Å². The summed E-state index contributed by atoms with van der Waals surface area (Å²) in [5.41, 5.74) is 0.936. The van der Waals surface area contributed by atoms with Gasteiger partial charge in [-0.3, -0.25) is 4.90 Å². The van der Waals surface area contributed by atoms with Crippen LogP contribution in [0.5, 0.6) is 0 Å². The summed E-state index contributed by atoms with van der Waals surface area (Å²) >= 11 is 0. The zero-order valence-electron chi connectivity index (χ0n) is 18.7. The Kier molecular flexibility index (Phi) is 11.0. The lowest BCUT2D eigenvalue weighted by molar-refractivity contribution is 0.146. The predicted molar refractivity (Wildman–Crippen MR) is 138 cm³/mol. The third-order valence-corrected chi connectivity index (χ3v) is 6.86. The average Bonchev–Trinajstić information content (AvgIpc) is 3.33. The number of aliphatic imine (C=N–C) groups is 1. The number of benzene rings is 1. The number of nitrogens with zero attached hydrogens (tertiary/aromatic N) is 2.